The predicted molar refractivity (Wildman–Crippen MR) is 64.7 cm³/mol. The van der Waals surface area contributed by atoms with E-state index in [1.807, 2.05) is 6.92 Å². The lowest BCUT2D eigenvalue weighted by molar-refractivity contribution is 0.0857. The quantitative estimate of drug-likeness (QED) is 0.815. The molecule has 3 N–H and O–H groups in total. The molecule has 17 heavy (non-hydrogen) atoms. The lowest BCUT2D eigenvalue weighted by atomic mass is 10.2. The van der Waals surface area contributed by atoms with Crippen molar-refractivity contribution in [1.82, 2.24) is 10.3 Å². The van der Waals surface area contributed by atoms with Gasteiger partial charge in [-0.1, -0.05) is 0 Å². The zero-order valence-electron chi connectivity index (χ0n) is 9.90. The zero-order chi connectivity index (χ0) is 12.3. The molecule has 5 nitrogen and oxygen atoms in total. The molecule has 0 aromatic carbocycles. The van der Waals surface area contributed by atoms with Crippen molar-refractivity contribution in [3.05, 3.63) is 23.4 Å². The topological polar surface area (TPSA) is 77.2 Å². The number of rotatable bonds is 3. The lowest BCUT2D eigenvalue weighted by Gasteiger charge is -2.11. The summed E-state index contributed by atoms with van der Waals surface area (Å²) < 4.78 is 5.43. The lowest BCUT2D eigenvalue weighted by Crippen LogP contribution is -2.31. The van der Waals surface area contributed by atoms with Gasteiger partial charge in [-0.3, -0.25) is 4.79 Å². The van der Waals surface area contributed by atoms with Gasteiger partial charge >= 0.3 is 0 Å². The summed E-state index contributed by atoms with van der Waals surface area (Å²) in [6.45, 7) is 3.16. The molecule has 1 aromatic rings. The van der Waals surface area contributed by atoms with Crippen molar-refractivity contribution < 1.29 is 9.53 Å². The fourth-order valence-corrected chi connectivity index (χ4v) is 1.94. The molecule has 1 fully saturated rings. The standard InChI is InChI=1S/C12H17N3O2/c1-8-5-9(6-11(13)15-8)12(16)14-7-10-3-2-4-17-10/h5-6,10H,2-4,7H2,1H3,(H2,13,15)(H,14,16). The Hall–Kier alpha value is -1.62. The third kappa shape index (κ3) is 3.17. The van der Waals surface area contributed by atoms with Crippen molar-refractivity contribution in [3.63, 3.8) is 0 Å². The number of pyridine rings is 1. The van der Waals surface area contributed by atoms with Crippen LogP contribution in [0.3, 0.4) is 0 Å². The third-order valence-electron chi connectivity index (χ3n) is 2.75. The molecule has 1 unspecified atom stereocenters. The second kappa shape index (κ2) is 5.14. The van der Waals surface area contributed by atoms with E-state index in [-0.39, 0.29) is 12.0 Å². The van der Waals surface area contributed by atoms with E-state index in [9.17, 15) is 4.79 Å². The van der Waals surface area contributed by atoms with Gasteiger partial charge in [0.15, 0.2) is 0 Å². The maximum atomic E-state index is 11.9. The Balaban J connectivity index is 1.94. The Labute approximate surface area is 100 Å². The smallest absolute Gasteiger partial charge is 0.251 e. The molecular weight excluding hydrogens is 218 g/mol. The van der Waals surface area contributed by atoms with Gasteiger partial charge in [0.25, 0.3) is 5.91 Å². The minimum atomic E-state index is -0.127. The number of nitrogens with zero attached hydrogens (tertiary/aromatic N) is 1. The molecule has 0 radical (unpaired) electrons. The molecule has 1 saturated heterocycles. The number of hydrogen-bond acceptors (Lipinski definition) is 4. The molecule has 0 aliphatic carbocycles. The van der Waals surface area contributed by atoms with Gasteiger partial charge in [-0.15, -0.1) is 0 Å². The molecule has 0 saturated carbocycles. The average molecular weight is 235 g/mol. The van der Waals surface area contributed by atoms with Crippen molar-refractivity contribution in [2.75, 3.05) is 18.9 Å². The molecule has 5 heteroatoms. The first-order chi connectivity index (χ1) is 8.15. The molecule has 1 aliphatic heterocycles. The van der Waals surface area contributed by atoms with E-state index in [0.29, 0.717) is 17.9 Å². The molecule has 2 rings (SSSR count). The number of carbonyl (C=O) groups is 1. The van der Waals surface area contributed by atoms with Gasteiger partial charge in [0.1, 0.15) is 5.82 Å². The number of nitrogens with one attached hydrogen (secondary N) is 1. The maximum absolute atomic E-state index is 11.9. The van der Waals surface area contributed by atoms with E-state index < -0.39 is 0 Å². The minimum Gasteiger partial charge on any atom is -0.384 e. The van der Waals surface area contributed by atoms with Crippen LogP contribution in [-0.2, 0) is 4.74 Å². The molecule has 0 bridgehead atoms. The van der Waals surface area contributed by atoms with Crippen LogP contribution in [0.15, 0.2) is 12.1 Å². The predicted octanol–water partition coefficient (Wildman–Crippen LogP) is 0.881. The molecule has 1 atom stereocenters. The molecule has 1 aromatic heterocycles. The van der Waals surface area contributed by atoms with Crippen LogP contribution in [0.5, 0.6) is 0 Å². The molecule has 0 spiro atoms. The number of nitrogens with two attached hydrogens (primary N) is 1. The summed E-state index contributed by atoms with van der Waals surface area (Å²) in [4.78, 5) is 15.9. The Morgan fingerprint density at radius 3 is 3.12 bits per heavy atom. The summed E-state index contributed by atoms with van der Waals surface area (Å²) in [6, 6.07) is 3.30. The van der Waals surface area contributed by atoms with Crippen LogP contribution < -0.4 is 11.1 Å². The van der Waals surface area contributed by atoms with Gasteiger partial charge < -0.3 is 15.8 Å². The molecular formula is C12H17N3O2. The van der Waals surface area contributed by atoms with Crippen LogP contribution in [0, 0.1) is 6.92 Å². The first kappa shape index (κ1) is 11.9. The van der Waals surface area contributed by atoms with E-state index in [0.717, 1.165) is 25.1 Å². The third-order valence-corrected chi connectivity index (χ3v) is 2.75. The van der Waals surface area contributed by atoms with E-state index in [1.165, 1.54) is 0 Å². The van der Waals surface area contributed by atoms with E-state index in [4.69, 9.17) is 10.5 Å². The van der Waals surface area contributed by atoms with Crippen molar-refractivity contribution >= 4 is 11.7 Å². The number of ether oxygens (including phenoxy) is 1. The zero-order valence-corrected chi connectivity index (χ0v) is 9.90. The van der Waals surface area contributed by atoms with Gasteiger partial charge in [-0.05, 0) is 31.9 Å². The van der Waals surface area contributed by atoms with Gasteiger partial charge in [-0.2, -0.15) is 0 Å². The fourth-order valence-electron chi connectivity index (χ4n) is 1.94. The van der Waals surface area contributed by atoms with Crippen LogP contribution in [0.25, 0.3) is 0 Å². The number of amides is 1. The van der Waals surface area contributed by atoms with E-state index in [1.54, 1.807) is 12.1 Å². The number of aromatic nitrogens is 1. The Kier molecular flexibility index (Phi) is 3.58. The van der Waals surface area contributed by atoms with Crippen molar-refractivity contribution in [2.45, 2.75) is 25.9 Å². The number of carbonyl (C=O) groups excluding carboxylic acids is 1. The average Bonchev–Trinajstić information content (AvgIpc) is 2.77. The van der Waals surface area contributed by atoms with Crippen molar-refractivity contribution in [3.8, 4) is 0 Å². The highest BCUT2D eigenvalue weighted by Crippen LogP contribution is 2.11. The number of hydrogen-bond donors (Lipinski definition) is 2. The molecule has 1 amide bonds. The summed E-state index contributed by atoms with van der Waals surface area (Å²) >= 11 is 0. The second-order valence-electron chi connectivity index (χ2n) is 4.27. The summed E-state index contributed by atoms with van der Waals surface area (Å²) in [5.41, 5.74) is 6.89. The van der Waals surface area contributed by atoms with Crippen molar-refractivity contribution in [1.29, 1.82) is 0 Å². The van der Waals surface area contributed by atoms with Crippen LogP contribution in [0.2, 0.25) is 0 Å². The highest BCUT2D eigenvalue weighted by atomic mass is 16.5. The highest BCUT2D eigenvalue weighted by molar-refractivity contribution is 5.94. The maximum Gasteiger partial charge on any atom is 0.251 e. The molecule has 92 valence electrons. The monoisotopic (exact) mass is 235 g/mol. The molecule has 1 aliphatic rings. The first-order valence-electron chi connectivity index (χ1n) is 5.79. The van der Waals surface area contributed by atoms with Gasteiger partial charge in [0, 0.05) is 24.4 Å². The summed E-state index contributed by atoms with van der Waals surface area (Å²) in [7, 11) is 0. The van der Waals surface area contributed by atoms with Gasteiger partial charge in [-0.25, -0.2) is 4.98 Å². The number of anilines is 1. The Morgan fingerprint density at radius 1 is 1.65 bits per heavy atom. The Morgan fingerprint density at radius 2 is 2.47 bits per heavy atom. The summed E-state index contributed by atoms with van der Waals surface area (Å²) in [6.07, 6.45) is 2.24. The van der Waals surface area contributed by atoms with Crippen LogP contribution >= 0.6 is 0 Å². The van der Waals surface area contributed by atoms with E-state index in [2.05, 4.69) is 10.3 Å². The SMILES string of the molecule is Cc1cc(C(=O)NCC2CCCO2)cc(N)n1. The largest absolute Gasteiger partial charge is 0.384 e. The van der Waals surface area contributed by atoms with Crippen molar-refractivity contribution in [2.24, 2.45) is 0 Å². The van der Waals surface area contributed by atoms with Crippen LogP contribution in [0.4, 0.5) is 5.82 Å². The Bertz CT molecular complexity index is 394. The highest BCUT2D eigenvalue weighted by Gasteiger charge is 2.16. The fraction of sp³-hybridized carbons (Fsp3) is 0.500. The number of nitrogen functional groups attached to an aromatic ring is 1. The first-order valence-corrected chi connectivity index (χ1v) is 5.79. The summed E-state index contributed by atoms with van der Waals surface area (Å²) in [5, 5.41) is 2.85. The number of aryl methyl sites for hydroxylation is 1. The molecule has 2 heterocycles. The summed E-state index contributed by atoms with van der Waals surface area (Å²) in [5.74, 6) is 0.241. The normalized spacial score (nSPS) is 19.2. The van der Waals surface area contributed by atoms with Crippen LogP contribution in [0.1, 0.15) is 28.9 Å². The van der Waals surface area contributed by atoms with Gasteiger partial charge in [0.2, 0.25) is 0 Å². The van der Waals surface area contributed by atoms with Gasteiger partial charge in [0.05, 0.1) is 6.10 Å². The second-order valence-corrected chi connectivity index (χ2v) is 4.27. The van der Waals surface area contributed by atoms with E-state index >= 15 is 0 Å². The minimum absolute atomic E-state index is 0.127. The van der Waals surface area contributed by atoms with Crippen LogP contribution in [-0.4, -0.2) is 30.1 Å².